The van der Waals surface area contributed by atoms with Gasteiger partial charge in [0.2, 0.25) is 0 Å². The summed E-state index contributed by atoms with van der Waals surface area (Å²) in [6.45, 7) is 0. The summed E-state index contributed by atoms with van der Waals surface area (Å²) in [5, 5.41) is 15.7. The average Bonchev–Trinajstić information content (AvgIpc) is 2.66. The number of phenols is 1. The molecule has 2 rings (SSSR count). The highest BCUT2D eigenvalue weighted by molar-refractivity contribution is 9.10. The van der Waals surface area contributed by atoms with Crippen molar-refractivity contribution in [2.75, 3.05) is 5.73 Å². The molecule has 1 heterocycles. The highest BCUT2D eigenvalue weighted by Crippen LogP contribution is 2.44. The molecule has 4 N–H and O–H groups in total. The number of benzene rings is 1. The molecule has 0 saturated carbocycles. The van der Waals surface area contributed by atoms with E-state index >= 15 is 0 Å². The van der Waals surface area contributed by atoms with Crippen molar-refractivity contribution in [1.29, 1.82) is 0 Å². The minimum atomic E-state index is -4.65. The number of hydrogen-bond donors (Lipinski definition) is 3. The molecule has 0 atom stereocenters. The van der Waals surface area contributed by atoms with E-state index in [0.29, 0.717) is 0 Å². The lowest BCUT2D eigenvalue weighted by atomic mass is 10.0. The van der Waals surface area contributed by atoms with E-state index in [0.717, 1.165) is 6.07 Å². The minimum Gasteiger partial charge on any atom is -0.507 e. The number of phenolic OH excluding ortho intramolecular Hbond substituents is 1. The lowest BCUT2D eigenvalue weighted by molar-refractivity contribution is -0.138. The summed E-state index contributed by atoms with van der Waals surface area (Å²) in [5.74, 6) is -0.796. The Hall–Kier alpha value is -1.70. The van der Waals surface area contributed by atoms with E-state index in [2.05, 4.69) is 26.1 Å². The van der Waals surface area contributed by atoms with Gasteiger partial charge in [-0.3, -0.25) is 5.10 Å². The average molecular weight is 322 g/mol. The number of nitrogens with one attached hydrogen (secondary N) is 1. The first kappa shape index (κ1) is 12.7. The normalized spacial score (nSPS) is 11.8. The maximum absolute atomic E-state index is 12.7. The fourth-order valence-electron chi connectivity index (χ4n) is 1.53. The standard InChI is InChI=1S/C10H7BrF3N3O/c11-4-1-5(6-3-16-17-9(6)15)8(18)7(2-4)10(12,13)14/h1-3,18H,(H3,15,16,17). The largest absolute Gasteiger partial charge is 0.507 e. The number of aromatic amines is 1. The number of hydrogen-bond acceptors (Lipinski definition) is 3. The third kappa shape index (κ3) is 2.15. The fourth-order valence-corrected chi connectivity index (χ4v) is 1.99. The number of H-pyrrole nitrogens is 1. The van der Waals surface area contributed by atoms with Gasteiger partial charge in [0.1, 0.15) is 11.6 Å². The number of nitrogen functional groups attached to an aromatic ring is 1. The molecule has 0 unspecified atom stereocenters. The van der Waals surface area contributed by atoms with Crippen LogP contribution in [0.5, 0.6) is 5.75 Å². The lowest BCUT2D eigenvalue weighted by Crippen LogP contribution is -2.06. The second-order valence-electron chi connectivity index (χ2n) is 3.54. The predicted octanol–water partition coefficient (Wildman–Crippen LogP) is 3.15. The highest BCUT2D eigenvalue weighted by atomic mass is 79.9. The Balaban J connectivity index is 2.70. The molecule has 0 aliphatic carbocycles. The Labute approximate surface area is 108 Å². The van der Waals surface area contributed by atoms with Gasteiger partial charge < -0.3 is 10.8 Å². The van der Waals surface area contributed by atoms with Gasteiger partial charge in [0.25, 0.3) is 0 Å². The van der Waals surface area contributed by atoms with Crippen LogP contribution in [0.3, 0.4) is 0 Å². The second-order valence-corrected chi connectivity index (χ2v) is 4.46. The van der Waals surface area contributed by atoms with Crippen LogP contribution in [0.2, 0.25) is 0 Å². The van der Waals surface area contributed by atoms with E-state index in [1.807, 2.05) is 0 Å². The van der Waals surface area contributed by atoms with E-state index in [4.69, 9.17) is 5.73 Å². The Morgan fingerprint density at radius 2 is 1.94 bits per heavy atom. The van der Waals surface area contributed by atoms with Crippen LogP contribution >= 0.6 is 15.9 Å². The zero-order valence-electron chi connectivity index (χ0n) is 8.72. The number of anilines is 1. The molecule has 0 spiro atoms. The third-order valence-electron chi connectivity index (χ3n) is 2.34. The summed E-state index contributed by atoms with van der Waals surface area (Å²) >= 11 is 2.97. The van der Waals surface area contributed by atoms with Crippen molar-refractivity contribution < 1.29 is 18.3 Å². The number of aromatic hydroxyl groups is 1. The SMILES string of the molecule is Nc1[nH]ncc1-c1cc(Br)cc(C(F)(F)F)c1O. The second kappa shape index (κ2) is 4.20. The fraction of sp³-hybridized carbons (Fsp3) is 0.100. The van der Waals surface area contributed by atoms with Crippen LogP contribution < -0.4 is 5.73 Å². The van der Waals surface area contributed by atoms with Gasteiger partial charge in [-0.2, -0.15) is 18.3 Å². The quantitative estimate of drug-likeness (QED) is 0.755. The Kier molecular flexibility index (Phi) is 2.97. The zero-order valence-corrected chi connectivity index (χ0v) is 10.3. The van der Waals surface area contributed by atoms with E-state index < -0.39 is 17.5 Å². The first-order chi connectivity index (χ1) is 8.30. The number of halogens is 4. The predicted molar refractivity (Wildman–Crippen MR) is 62.8 cm³/mol. The minimum absolute atomic E-state index is 0.0389. The topological polar surface area (TPSA) is 74.9 Å². The summed E-state index contributed by atoms with van der Waals surface area (Å²) in [6, 6.07) is 2.14. The molecule has 0 aliphatic heterocycles. The van der Waals surface area contributed by atoms with Crippen molar-refractivity contribution >= 4 is 21.7 Å². The maximum Gasteiger partial charge on any atom is 0.420 e. The van der Waals surface area contributed by atoms with Gasteiger partial charge in [0.05, 0.1) is 11.8 Å². The number of nitrogens with zero attached hydrogens (tertiary/aromatic N) is 1. The van der Waals surface area contributed by atoms with Crippen molar-refractivity contribution in [2.45, 2.75) is 6.18 Å². The van der Waals surface area contributed by atoms with E-state index in [9.17, 15) is 18.3 Å². The number of aromatic nitrogens is 2. The molecule has 1 aromatic carbocycles. The van der Waals surface area contributed by atoms with Crippen LogP contribution in [0.25, 0.3) is 11.1 Å². The van der Waals surface area contributed by atoms with Crippen molar-refractivity contribution in [3.63, 3.8) is 0 Å². The summed E-state index contributed by atoms with van der Waals surface area (Å²) < 4.78 is 38.3. The molecule has 2 aromatic rings. The molecule has 0 radical (unpaired) electrons. The van der Waals surface area contributed by atoms with Gasteiger partial charge in [-0.05, 0) is 12.1 Å². The van der Waals surface area contributed by atoms with Gasteiger partial charge in [0, 0.05) is 15.6 Å². The molecule has 8 heteroatoms. The van der Waals surface area contributed by atoms with Crippen molar-refractivity contribution in [3.8, 4) is 16.9 Å². The van der Waals surface area contributed by atoms with Crippen molar-refractivity contribution in [1.82, 2.24) is 10.2 Å². The van der Waals surface area contributed by atoms with Crippen LogP contribution in [-0.4, -0.2) is 15.3 Å². The number of nitrogens with two attached hydrogens (primary N) is 1. The van der Waals surface area contributed by atoms with Crippen LogP contribution in [0.4, 0.5) is 19.0 Å². The third-order valence-corrected chi connectivity index (χ3v) is 2.80. The highest BCUT2D eigenvalue weighted by Gasteiger charge is 2.35. The van der Waals surface area contributed by atoms with Crippen molar-refractivity contribution in [3.05, 3.63) is 28.4 Å². The number of rotatable bonds is 1. The first-order valence-corrected chi connectivity index (χ1v) is 5.49. The maximum atomic E-state index is 12.7. The molecule has 4 nitrogen and oxygen atoms in total. The molecule has 0 bridgehead atoms. The molecular weight excluding hydrogens is 315 g/mol. The van der Waals surface area contributed by atoms with Crippen LogP contribution in [0.15, 0.2) is 22.8 Å². The number of alkyl halides is 3. The molecule has 0 fully saturated rings. The molecular formula is C10H7BrF3N3O. The summed E-state index contributed by atoms with van der Waals surface area (Å²) in [6.07, 6.45) is -3.40. The van der Waals surface area contributed by atoms with Gasteiger partial charge in [0.15, 0.2) is 0 Å². The summed E-state index contributed by atoms with van der Waals surface area (Å²) in [7, 11) is 0. The molecule has 0 amide bonds. The van der Waals surface area contributed by atoms with Gasteiger partial charge in [-0.15, -0.1) is 0 Å². The molecule has 1 aromatic heterocycles. The smallest absolute Gasteiger partial charge is 0.420 e. The zero-order chi connectivity index (χ0) is 13.5. The van der Waals surface area contributed by atoms with E-state index in [1.165, 1.54) is 12.3 Å². The molecule has 18 heavy (non-hydrogen) atoms. The van der Waals surface area contributed by atoms with E-state index in [-0.39, 0.29) is 21.4 Å². The molecule has 96 valence electrons. The summed E-state index contributed by atoms with van der Waals surface area (Å²) in [5.41, 5.74) is 4.56. The van der Waals surface area contributed by atoms with Gasteiger partial charge in [-0.1, -0.05) is 15.9 Å². The van der Waals surface area contributed by atoms with Crippen LogP contribution in [0.1, 0.15) is 5.56 Å². The Morgan fingerprint density at radius 1 is 1.28 bits per heavy atom. The Bertz CT molecular complexity index is 595. The monoisotopic (exact) mass is 321 g/mol. The molecule has 0 saturated heterocycles. The molecule has 0 aliphatic rings. The van der Waals surface area contributed by atoms with E-state index in [1.54, 1.807) is 0 Å². The van der Waals surface area contributed by atoms with Crippen LogP contribution in [-0.2, 0) is 6.18 Å². The van der Waals surface area contributed by atoms with Gasteiger partial charge >= 0.3 is 6.18 Å². The first-order valence-electron chi connectivity index (χ1n) is 4.69. The lowest BCUT2D eigenvalue weighted by Gasteiger charge is -2.13. The van der Waals surface area contributed by atoms with Crippen molar-refractivity contribution in [2.24, 2.45) is 0 Å². The van der Waals surface area contributed by atoms with Gasteiger partial charge in [-0.25, -0.2) is 0 Å². The summed E-state index contributed by atoms with van der Waals surface area (Å²) in [4.78, 5) is 0. The Morgan fingerprint density at radius 3 is 2.44 bits per heavy atom. The van der Waals surface area contributed by atoms with Crippen LogP contribution in [0, 0.1) is 0 Å².